The van der Waals surface area contributed by atoms with Gasteiger partial charge in [0.05, 0.1) is 5.69 Å². The zero-order chi connectivity index (χ0) is 13.2. The molecule has 0 bridgehead atoms. The Kier molecular flexibility index (Phi) is 4.10. The molecule has 2 rings (SSSR count). The Hall–Kier alpha value is -0.830. The highest BCUT2D eigenvalue weighted by Crippen LogP contribution is 2.48. The predicted octanol–water partition coefficient (Wildman–Crippen LogP) is 2.79. The van der Waals surface area contributed by atoms with Gasteiger partial charge in [0, 0.05) is 24.7 Å². The molecule has 1 aliphatic rings. The summed E-state index contributed by atoms with van der Waals surface area (Å²) >= 11 is 0. The van der Waals surface area contributed by atoms with Crippen molar-refractivity contribution in [1.29, 1.82) is 0 Å². The normalized spacial score (nSPS) is 18.9. The standard InChI is InChI=1S/C15H27N3/c1-5-12-10-13(18(7-3)17-12)11-14(16-6-2)15(4)8-9-15/h10,14,16H,5-9,11H2,1-4H3. The van der Waals surface area contributed by atoms with Gasteiger partial charge in [0.15, 0.2) is 0 Å². The highest BCUT2D eigenvalue weighted by molar-refractivity contribution is 5.14. The smallest absolute Gasteiger partial charge is 0.0624 e. The maximum atomic E-state index is 4.65. The van der Waals surface area contributed by atoms with Crippen molar-refractivity contribution < 1.29 is 0 Å². The van der Waals surface area contributed by atoms with E-state index in [0.717, 1.165) is 25.9 Å². The highest BCUT2D eigenvalue weighted by atomic mass is 15.3. The van der Waals surface area contributed by atoms with E-state index < -0.39 is 0 Å². The van der Waals surface area contributed by atoms with Crippen LogP contribution in [0.15, 0.2) is 6.07 Å². The maximum Gasteiger partial charge on any atom is 0.0624 e. The summed E-state index contributed by atoms with van der Waals surface area (Å²) in [7, 11) is 0. The van der Waals surface area contributed by atoms with Crippen LogP contribution in [-0.2, 0) is 19.4 Å². The van der Waals surface area contributed by atoms with Crippen LogP contribution in [0.1, 0.15) is 51.9 Å². The van der Waals surface area contributed by atoms with Gasteiger partial charge in [-0.2, -0.15) is 5.10 Å². The highest BCUT2D eigenvalue weighted by Gasteiger charge is 2.44. The van der Waals surface area contributed by atoms with E-state index in [1.165, 1.54) is 24.2 Å². The summed E-state index contributed by atoms with van der Waals surface area (Å²) in [6, 6.07) is 2.90. The lowest BCUT2D eigenvalue weighted by Gasteiger charge is -2.24. The number of aryl methyl sites for hydroxylation is 2. The molecule has 1 fully saturated rings. The summed E-state index contributed by atoms with van der Waals surface area (Å²) < 4.78 is 2.18. The topological polar surface area (TPSA) is 29.9 Å². The second-order valence-corrected chi connectivity index (χ2v) is 5.76. The van der Waals surface area contributed by atoms with Crippen molar-refractivity contribution in [2.75, 3.05) is 6.54 Å². The van der Waals surface area contributed by atoms with Crippen LogP contribution in [0.3, 0.4) is 0 Å². The van der Waals surface area contributed by atoms with Crippen molar-refractivity contribution in [2.45, 2.75) is 66.0 Å². The Morgan fingerprint density at radius 3 is 2.61 bits per heavy atom. The second kappa shape index (κ2) is 5.43. The van der Waals surface area contributed by atoms with Crippen LogP contribution < -0.4 is 5.32 Å². The number of hydrogen-bond acceptors (Lipinski definition) is 2. The van der Waals surface area contributed by atoms with Crippen LogP contribution in [0, 0.1) is 5.41 Å². The van der Waals surface area contributed by atoms with E-state index in [1.807, 2.05) is 0 Å². The van der Waals surface area contributed by atoms with Crippen LogP contribution in [0.5, 0.6) is 0 Å². The number of nitrogens with one attached hydrogen (secondary N) is 1. The van der Waals surface area contributed by atoms with Gasteiger partial charge in [-0.1, -0.05) is 20.8 Å². The molecule has 0 saturated heterocycles. The zero-order valence-corrected chi connectivity index (χ0v) is 12.3. The third-order valence-corrected chi connectivity index (χ3v) is 4.32. The molecule has 1 heterocycles. The monoisotopic (exact) mass is 249 g/mol. The SMILES string of the molecule is CCNC(Cc1cc(CC)nn1CC)C1(C)CC1. The van der Waals surface area contributed by atoms with Gasteiger partial charge in [0.1, 0.15) is 0 Å². The molecule has 1 aromatic heterocycles. The Morgan fingerprint density at radius 1 is 1.39 bits per heavy atom. The van der Waals surface area contributed by atoms with Crippen molar-refractivity contribution in [3.63, 3.8) is 0 Å². The Balaban J connectivity index is 2.12. The average Bonchev–Trinajstić information content (AvgIpc) is 2.99. The maximum absolute atomic E-state index is 4.65. The first-order chi connectivity index (χ1) is 8.62. The molecule has 0 spiro atoms. The van der Waals surface area contributed by atoms with Crippen LogP contribution in [0.25, 0.3) is 0 Å². The third kappa shape index (κ3) is 2.77. The number of likely N-dealkylation sites (N-methyl/N-ethyl adjacent to an activating group) is 1. The summed E-state index contributed by atoms with van der Waals surface area (Å²) in [4.78, 5) is 0. The Morgan fingerprint density at radius 2 is 2.11 bits per heavy atom. The number of hydrogen-bond donors (Lipinski definition) is 1. The molecule has 1 saturated carbocycles. The molecular weight excluding hydrogens is 222 g/mol. The lowest BCUT2D eigenvalue weighted by Crippen LogP contribution is -2.38. The van der Waals surface area contributed by atoms with E-state index in [-0.39, 0.29) is 0 Å². The van der Waals surface area contributed by atoms with Crippen molar-refractivity contribution in [3.8, 4) is 0 Å². The average molecular weight is 249 g/mol. The fraction of sp³-hybridized carbons (Fsp3) is 0.800. The first-order valence-electron chi connectivity index (χ1n) is 7.42. The molecule has 1 aliphatic carbocycles. The molecule has 1 unspecified atom stereocenters. The molecule has 1 N–H and O–H groups in total. The molecule has 3 nitrogen and oxygen atoms in total. The summed E-state index contributed by atoms with van der Waals surface area (Å²) in [6.45, 7) is 11.0. The van der Waals surface area contributed by atoms with Crippen LogP contribution in [0.2, 0.25) is 0 Å². The van der Waals surface area contributed by atoms with E-state index >= 15 is 0 Å². The molecule has 102 valence electrons. The number of rotatable bonds is 7. The van der Waals surface area contributed by atoms with Crippen LogP contribution in [0.4, 0.5) is 0 Å². The van der Waals surface area contributed by atoms with Gasteiger partial charge in [0.2, 0.25) is 0 Å². The first-order valence-corrected chi connectivity index (χ1v) is 7.42. The number of aromatic nitrogens is 2. The molecule has 18 heavy (non-hydrogen) atoms. The molecule has 3 heteroatoms. The Labute approximate surface area is 111 Å². The van der Waals surface area contributed by atoms with E-state index in [2.05, 4.69) is 48.9 Å². The minimum absolute atomic E-state index is 0.519. The minimum Gasteiger partial charge on any atom is -0.313 e. The third-order valence-electron chi connectivity index (χ3n) is 4.32. The fourth-order valence-electron chi connectivity index (χ4n) is 2.69. The molecule has 0 aromatic carbocycles. The van der Waals surface area contributed by atoms with Crippen LogP contribution in [-0.4, -0.2) is 22.4 Å². The van der Waals surface area contributed by atoms with E-state index in [1.54, 1.807) is 0 Å². The molecule has 0 aliphatic heterocycles. The van der Waals surface area contributed by atoms with Crippen molar-refractivity contribution in [1.82, 2.24) is 15.1 Å². The van der Waals surface area contributed by atoms with Gasteiger partial charge in [-0.25, -0.2) is 0 Å². The summed E-state index contributed by atoms with van der Waals surface area (Å²) in [5, 5.41) is 8.32. The fourth-order valence-corrected chi connectivity index (χ4v) is 2.69. The summed E-state index contributed by atoms with van der Waals surface area (Å²) in [5.41, 5.74) is 3.14. The summed E-state index contributed by atoms with van der Waals surface area (Å²) in [5.74, 6) is 0. The molecule has 1 aromatic rings. The first kappa shape index (κ1) is 13.6. The van der Waals surface area contributed by atoms with E-state index in [4.69, 9.17) is 0 Å². The largest absolute Gasteiger partial charge is 0.313 e. The van der Waals surface area contributed by atoms with Crippen molar-refractivity contribution in [3.05, 3.63) is 17.5 Å². The van der Waals surface area contributed by atoms with Gasteiger partial charge in [0.25, 0.3) is 0 Å². The van der Waals surface area contributed by atoms with Crippen molar-refractivity contribution >= 4 is 0 Å². The van der Waals surface area contributed by atoms with E-state index in [0.29, 0.717) is 11.5 Å². The van der Waals surface area contributed by atoms with Crippen LogP contribution >= 0.6 is 0 Å². The molecular formula is C15H27N3. The summed E-state index contributed by atoms with van der Waals surface area (Å²) in [6.07, 6.45) is 4.88. The van der Waals surface area contributed by atoms with Gasteiger partial charge in [-0.3, -0.25) is 4.68 Å². The van der Waals surface area contributed by atoms with Gasteiger partial charge < -0.3 is 5.32 Å². The lowest BCUT2D eigenvalue weighted by molar-refractivity contribution is 0.352. The predicted molar refractivity (Wildman–Crippen MR) is 75.8 cm³/mol. The van der Waals surface area contributed by atoms with Gasteiger partial charge in [-0.15, -0.1) is 0 Å². The van der Waals surface area contributed by atoms with Gasteiger partial charge in [-0.05, 0) is 44.2 Å². The molecule has 0 amide bonds. The lowest BCUT2D eigenvalue weighted by atomic mass is 9.94. The minimum atomic E-state index is 0.519. The Bertz CT molecular complexity index is 390. The zero-order valence-electron chi connectivity index (χ0n) is 12.3. The number of nitrogens with zero attached hydrogens (tertiary/aromatic N) is 2. The van der Waals surface area contributed by atoms with Crippen molar-refractivity contribution in [2.24, 2.45) is 5.41 Å². The molecule has 1 atom stereocenters. The van der Waals surface area contributed by atoms with E-state index in [9.17, 15) is 0 Å². The molecule has 0 radical (unpaired) electrons. The second-order valence-electron chi connectivity index (χ2n) is 5.76. The quantitative estimate of drug-likeness (QED) is 0.805. The van der Waals surface area contributed by atoms with Gasteiger partial charge >= 0.3 is 0 Å².